The SMILES string of the molecule is Cc1ccc(OCCCC(=O)Nc2ccc(N3CCOCC3)cc2)c(Br)c1. The maximum absolute atomic E-state index is 12.1. The lowest BCUT2D eigenvalue weighted by molar-refractivity contribution is -0.116. The maximum Gasteiger partial charge on any atom is 0.224 e. The monoisotopic (exact) mass is 432 g/mol. The van der Waals surface area contributed by atoms with E-state index in [2.05, 4.69) is 26.1 Å². The van der Waals surface area contributed by atoms with E-state index in [9.17, 15) is 4.79 Å². The Morgan fingerprint density at radius 3 is 2.63 bits per heavy atom. The number of rotatable bonds is 7. The number of morpholine rings is 1. The molecule has 0 saturated carbocycles. The van der Waals surface area contributed by atoms with Crippen LogP contribution in [0.4, 0.5) is 11.4 Å². The summed E-state index contributed by atoms with van der Waals surface area (Å²) in [6, 6.07) is 13.9. The first-order valence-corrected chi connectivity index (χ1v) is 10.0. The fraction of sp³-hybridized carbons (Fsp3) is 0.381. The summed E-state index contributed by atoms with van der Waals surface area (Å²) >= 11 is 3.49. The molecule has 1 heterocycles. The Balaban J connectivity index is 1.40. The summed E-state index contributed by atoms with van der Waals surface area (Å²) in [7, 11) is 0. The van der Waals surface area contributed by atoms with E-state index in [0.29, 0.717) is 19.4 Å². The van der Waals surface area contributed by atoms with Crippen molar-refractivity contribution in [1.82, 2.24) is 0 Å². The predicted molar refractivity (Wildman–Crippen MR) is 112 cm³/mol. The fourth-order valence-electron chi connectivity index (χ4n) is 2.94. The molecule has 2 aromatic rings. The van der Waals surface area contributed by atoms with Crippen LogP contribution in [0, 0.1) is 6.92 Å². The molecule has 0 unspecified atom stereocenters. The Morgan fingerprint density at radius 1 is 1.19 bits per heavy atom. The molecule has 1 amide bonds. The van der Waals surface area contributed by atoms with Crippen LogP contribution in [-0.4, -0.2) is 38.8 Å². The van der Waals surface area contributed by atoms with Gasteiger partial charge in [0.15, 0.2) is 0 Å². The predicted octanol–water partition coefficient (Wildman–Crippen LogP) is 4.39. The molecule has 6 heteroatoms. The number of carbonyl (C=O) groups excluding carboxylic acids is 1. The quantitative estimate of drug-likeness (QED) is 0.658. The lowest BCUT2D eigenvalue weighted by Crippen LogP contribution is -2.36. The minimum Gasteiger partial charge on any atom is -0.492 e. The lowest BCUT2D eigenvalue weighted by atomic mass is 10.2. The van der Waals surface area contributed by atoms with Crippen LogP contribution in [0.5, 0.6) is 5.75 Å². The number of nitrogens with zero attached hydrogens (tertiary/aromatic N) is 1. The van der Waals surface area contributed by atoms with Crippen molar-refractivity contribution in [3.63, 3.8) is 0 Å². The van der Waals surface area contributed by atoms with E-state index >= 15 is 0 Å². The van der Waals surface area contributed by atoms with Crippen molar-refractivity contribution in [2.45, 2.75) is 19.8 Å². The third-order valence-electron chi connectivity index (χ3n) is 4.42. The normalized spacial score (nSPS) is 14.1. The van der Waals surface area contributed by atoms with Crippen molar-refractivity contribution < 1.29 is 14.3 Å². The Labute approximate surface area is 168 Å². The van der Waals surface area contributed by atoms with Crippen molar-refractivity contribution in [2.75, 3.05) is 43.1 Å². The van der Waals surface area contributed by atoms with Gasteiger partial charge in [0.2, 0.25) is 5.91 Å². The Hall–Kier alpha value is -2.05. The topological polar surface area (TPSA) is 50.8 Å². The number of ether oxygens (including phenoxy) is 2. The van der Waals surface area contributed by atoms with Crippen LogP contribution < -0.4 is 15.0 Å². The summed E-state index contributed by atoms with van der Waals surface area (Å²) in [6.45, 7) is 5.88. The molecule has 2 aromatic carbocycles. The fourth-order valence-corrected chi connectivity index (χ4v) is 3.55. The number of carbonyl (C=O) groups is 1. The van der Waals surface area contributed by atoms with Crippen LogP contribution in [0.15, 0.2) is 46.9 Å². The first kappa shape index (κ1) is 19.7. The largest absolute Gasteiger partial charge is 0.492 e. The minimum absolute atomic E-state index is 0.000643. The molecular formula is C21H25BrN2O3. The number of hydrogen-bond donors (Lipinski definition) is 1. The molecule has 1 aliphatic rings. The highest BCUT2D eigenvalue weighted by Gasteiger charge is 2.11. The first-order valence-electron chi connectivity index (χ1n) is 9.23. The maximum atomic E-state index is 12.1. The van der Waals surface area contributed by atoms with E-state index in [1.54, 1.807) is 0 Å². The van der Waals surface area contributed by atoms with Gasteiger partial charge in [-0.15, -0.1) is 0 Å². The number of aryl methyl sites for hydroxylation is 1. The smallest absolute Gasteiger partial charge is 0.224 e. The highest BCUT2D eigenvalue weighted by atomic mass is 79.9. The average molecular weight is 433 g/mol. The van der Waals surface area contributed by atoms with E-state index in [-0.39, 0.29) is 5.91 Å². The van der Waals surface area contributed by atoms with Crippen LogP contribution in [0.1, 0.15) is 18.4 Å². The molecule has 0 aliphatic carbocycles. The van der Waals surface area contributed by atoms with E-state index < -0.39 is 0 Å². The standard InChI is InChI=1S/C21H25BrN2O3/c1-16-4-9-20(19(22)15-16)27-12-2-3-21(25)23-17-5-7-18(8-6-17)24-10-13-26-14-11-24/h4-9,15H,2-3,10-14H2,1H3,(H,23,25). The van der Waals surface area contributed by atoms with Gasteiger partial charge in [0.25, 0.3) is 0 Å². The number of halogens is 1. The van der Waals surface area contributed by atoms with Crippen LogP contribution in [0.3, 0.4) is 0 Å². The Bertz CT molecular complexity index is 759. The van der Waals surface area contributed by atoms with Crippen LogP contribution >= 0.6 is 15.9 Å². The lowest BCUT2D eigenvalue weighted by Gasteiger charge is -2.28. The van der Waals surface area contributed by atoms with Gasteiger partial charge in [-0.3, -0.25) is 4.79 Å². The minimum atomic E-state index is 0.000643. The van der Waals surface area contributed by atoms with Gasteiger partial charge < -0.3 is 19.7 Å². The van der Waals surface area contributed by atoms with Gasteiger partial charge in [-0.1, -0.05) is 6.07 Å². The molecule has 1 fully saturated rings. The summed E-state index contributed by atoms with van der Waals surface area (Å²) in [5, 5.41) is 2.94. The van der Waals surface area contributed by atoms with Gasteiger partial charge >= 0.3 is 0 Å². The number of nitrogens with one attached hydrogen (secondary N) is 1. The molecule has 0 aromatic heterocycles. The Morgan fingerprint density at radius 2 is 1.93 bits per heavy atom. The summed E-state index contributed by atoms with van der Waals surface area (Å²) in [6.07, 6.45) is 1.09. The van der Waals surface area contributed by atoms with E-state index in [4.69, 9.17) is 9.47 Å². The van der Waals surface area contributed by atoms with Gasteiger partial charge in [-0.2, -0.15) is 0 Å². The van der Waals surface area contributed by atoms with Gasteiger partial charge in [0, 0.05) is 30.9 Å². The summed E-state index contributed by atoms with van der Waals surface area (Å²) in [5.74, 6) is 0.806. The zero-order valence-corrected chi connectivity index (χ0v) is 17.1. The molecule has 1 saturated heterocycles. The van der Waals surface area contributed by atoms with Crippen molar-refractivity contribution >= 4 is 33.2 Å². The molecule has 0 atom stereocenters. The van der Waals surface area contributed by atoms with Gasteiger partial charge in [-0.25, -0.2) is 0 Å². The second-order valence-electron chi connectivity index (χ2n) is 6.58. The van der Waals surface area contributed by atoms with Gasteiger partial charge in [0.05, 0.1) is 24.3 Å². The number of anilines is 2. The van der Waals surface area contributed by atoms with Gasteiger partial charge in [-0.05, 0) is 71.2 Å². The van der Waals surface area contributed by atoms with Crippen molar-refractivity contribution in [2.24, 2.45) is 0 Å². The molecule has 27 heavy (non-hydrogen) atoms. The molecule has 144 valence electrons. The molecule has 0 bridgehead atoms. The zero-order chi connectivity index (χ0) is 19.1. The molecule has 3 rings (SSSR count). The van der Waals surface area contributed by atoms with Gasteiger partial charge in [0.1, 0.15) is 5.75 Å². The van der Waals surface area contributed by atoms with E-state index in [1.165, 1.54) is 5.56 Å². The van der Waals surface area contributed by atoms with Crippen molar-refractivity contribution in [3.8, 4) is 5.75 Å². The van der Waals surface area contributed by atoms with Crippen LogP contribution in [-0.2, 0) is 9.53 Å². The number of hydrogen-bond acceptors (Lipinski definition) is 4. The highest BCUT2D eigenvalue weighted by Crippen LogP contribution is 2.26. The third-order valence-corrected chi connectivity index (χ3v) is 5.04. The summed E-state index contributed by atoms with van der Waals surface area (Å²) < 4.78 is 12.0. The summed E-state index contributed by atoms with van der Waals surface area (Å²) in [4.78, 5) is 14.4. The van der Waals surface area contributed by atoms with Crippen LogP contribution in [0.2, 0.25) is 0 Å². The highest BCUT2D eigenvalue weighted by molar-refractivity contribution is 9.10. The molecular weight excluding hydrogens is 408 g/mol. The second kappa shape index (κ2) is 9.76. The first-order chi connectivity index (χ1) is 13.1. The van der Waals surface area contributed by atoms with Crippen molar-refractivity contribution in [1.29, 1.82) is 0 Å². The molecule has 1 N–H and O–H groups in total. The second-order valence-corrected chi connectivity index (χ2v) is 7.43. The van der Waals surface area contributed by atoms with Crippen molar-refractivity contribution in [3.05, 3.63) is 52.5 Å². The number of amides is 1. The molecule has 0 radical (unpaired) electrons. The zero-order valence-electron chi connectivity index (χ0n) is 15.5. The van der Waals surface area contributed by atoms with E-state index in [1.807, 2.05) is 49.4 Å². The Kier molecular flexibility index (Phi) is 7.12. The molecule has 5 nitrogen and oxygen atoms in total. The van der Waals surface area contributed by atoms with E-state index in [0.717, 1.165) is 47.9 Å². The number of benzene rings is 2. The summed E-state index contributed by atoms with van der Waals surface area (Å²) in [5.41, 5.74) is 3.15. The molecule has 1 aliphatic heterocycles. The van der Waals surface area contributed by atoms with Crippen LogP contribution in [0.25, 0.3) is 0 Å². The average Bonchev–Trinajstić information content (AvgIpc) is 2.68. The third kappa shape index (κ3) is 5.97. The molecule has 0 spiro atoms.